The number of nitrogens with zero attached hydrogens (tertiary/aromatic N) is 2. The molecule has 234 valence electrons. The normalized spacial score (nSPS) is 20.1. The summed E-state index contributed by atoms with van der Waals surface area (Å²) < 4.78 is 24.5. The Hall–Kier alpha value is -3.54. The molecule has 1 saturated heterocycles. The molecular weight excluding hydrogens is 552 g/mol. The minimum Gasteiger partial charge on any atom is -0.462 e. The number of unbranched alkanes of at least 4 members (excludes halogenated alkanes) is 2. The predicted octanol–water partition coefficient (Wildman–Crippen LogP) is 4.10. The fourth-order valence-electron chi connectivity index (χ4n) is 4.87. The van der Waals surface area contributed by atoms with Crippen molar-refractivity contribution < 1.29 is 28.2 Å². The number of nitrogens with two attached hydrogens (primary N) is 2. The van der Waals surface area contributed by atoms with Crippen LogP contribution in [0, 0.1) is 11.8 Å². The first-order valence-corrected chi connectivity index (χ1v) is 15.1. The first-order chi connectivity index (χ1) is 20.5. The molecule has 3 heterocycles. The number of carbonyl (C=O) groups excluding carboxylic acids is 2. The van der Waals surface area contributed by atoms with Gasteiger partial charge in [-0.1, -0.05) is 71.7 Å². The van der Waals surface area contributed by atoms with E-state index in [1.165, 1.54) is 23.0 Å². The summed E-state index contributed by atoms with van der Waals surface area (Å²) in [5, 5.41) is 0.610. The summed E-state index contributed by atoms with van der Waals surface area (Å²) >= 11 is 0. The van der Waals surface area contributed by atoms with Crippen LogP contribution in [0.4, 0.5) is 0 Å². The van der Waals surface area contributed by atoms with Crippen molar-refractivity contribution in [2.45, 2.75) is 97.2 Å². The van der Waals surface area contributed by atoms with E-state index in [0.717, 1.165) is 18.4 Å². The van der Waals surface area contributed by atoms with E-state index in [0.29, 0.717) is 11.1 Å². The molecule has 0 amide bonds. The lowest BCUT2D eigenvalue weighted by atomic mass is 10.0. The molecule has 2 aromatic heterocycles. The summed E-state index contributed by atoms with van der Waals surface area (Å²) in [5.41, 5.74) is 13.7. The molecule has 1 aromatic carbocycles. The summed E-state index contributed by atoms with van der Waals surface area (Å²) in [6.07, 6.45) is 3.82. The Morgan fingerprint density at radius 2 is 1.72 bits per heavy atom. The summed E-state index contributed by atoms with van der Waals surface area (Å²) in [7, 11) is 0. The van der Waals surface area contributed by atoms with Crippen molar-refractivity contribution in [1.82, 2.24) is 9.55 Å². The van der Waals surface area contributed by atoms with Crippen LogP contribution < -0.4 is 17.2 Å². The fraction of sp³-hybridized carbons (Fsp3) is 0.562. The molecule has 0 saturated carbocycles. The molecule has 4 rings (SSSR count). The highest BCUT2D eigenvalue weighted by molar-refractivity contribution is 5.79. The molecule has 0 aliphatic carbocycles. The quantitative estimate of drug-likeness (QED) is 0.217. The van der Waals surface area contributed by atoms with E-state index in [9.17, 15) is 14.4 Å². The molecule has 1 aliphatic heterocycles. The van der Waals surface area contributed by atoms with Gasteiger partial charge >= 0.3 is 17.6 Å². The van der Waals surface area contributed by atoms with Crippen molar-refractivity contribution in [3.63, 3.8) is 0 Å². The van der Waals surface area contributed by atoms with Gasteiger partial charge in [-0.05, 0) is 36.3 Å². The molecule has 1 fully saturated rings. The van der Waals surface area contributed by atoms with Crippen molar-refractivity contribution >= 4 is 23.0 Å². The van der Waals surface area contributed by atoms with Gasteiger partial charge in [-0.25, -0.2) is 4.79 Å². The highest BCUT2D eigenvalue weighted by Gasteiger charge is 2.41. The summed E-state index contributed by atoms with van der Waals surface area (Å²) in [5.74, 6) is -0.870. The molecule has 0 bridgehead atoms. The van der Waals surface area contributed by atoms with Crippen molar-refractivity contribution in [1.29, 1.82) is 0 Å². The van der Waals surface area contributed by atoms with Gasteiger partial charge in [0.2, 0.25) is 5.71 Å². The van der Waals surface area contributed by atoms with Crippen LogP contribution in [0.25, 0.3) is 22.4 Å². The molecule has 11 heteroatoms. The van der Waals surface area contributed by atoms with E-state index in [1.54, 1.807) is 6.20 Å². The number of carbonyl (C=O) groups is 2. The Bertz CT molecular complexity index is 1450. The zero-order valence-electron chi connectivity index (χ0n) is 25.7. The minimum absolute atomic E-state index is 0.123. The van der Waals surface area contributed by atoms with Crippen LogP contribution in [-0.2, 0) is 30.2 Å². The third kappa shape index (κ3) is 7.90. The number of aromatic nitrogens is 2. The molecule has 43 heavy (non-hydrogen) atoms. The van der Waals surface area contributed by atoms with Gasteiger partial charge in [0.05, 0.1) is 5.39 Å². The lowest BCUT2D eigenvalue weighted by molar-refractivity contribution is -0.161. The Labute approximate surface area is 251 Å². The van der Waals surface area contributed by atoms with Crippen LogP contribution >= 0.6 is 0 Å². The average Bonchev–Trinajstić information content (AvgIpc) is 3.58. The molecular formula is C32H44N4O7. The smallest absolute Gasteiger partial charge is 0.353 e. The Morgan fingerprint density at radius 3 is 2.37 bits per heavy atom. The van der Waals surface area contributed by atoms with Gasteiger partial charge in [0.15, 0.2) is 0 Å². The van der Waals surface area contributed by atoms with Crippen molar-refractivity contribution in [3.8, 4) is 11.3 Å². The predicted molar refractivity (Wildman–Crippen MR) is 162 cm³/mol. The van der Waals surface area contributed by atoms with E-state index < -0.39 is 48.1 Å². The second-order valence-corrected chi connectivity index (χ2v) is 12.0. The number of ether oxygens (including phenoxy) is 3. The first-order valence-electron chi connectivity index (χ1n) is 15.1. The van der Waals surface area contributed by atoms with Gasteiger partial charge < -0.3 is 30.1 Å². The number of benzene rings is 1. The van der Waals surface area contributed by atoms with Crippen LogP contribution in [0.15, 0.2) is 45.7 Å². The zero-order valence-corrected chi connectivity index (χ0v) is 25.7. The van der Waals surface area contributed by atoms with Crippen LogP contribution in [-0.4, -0.2) is 52.4 Å². The topological polar surface area (TPSA) is 162 Å². The molecule has 0 radical (unpaired) electrons. The third-order valence-electron chi connectivity index (χ3n) is 7.87. The Balaban J connectivity index is 1.54. The van der Waals surface area contributed by atoms with Gasteiger partial charge in [0.25, 0.3) is 0 Å². The SMILES string of the molecule is CCCCCc1ccc(-c2cc3cn([C@H]4CC(OC(=O)C(N)C(C)C)[C@@H](COC(=O)C(N)C(C)C)O4)c(=O)nc3o2)cc1. The van der Waals surface area contributed by atoms with Crippen molar-refractivity contribution in [2.24, 2.45) is 23.3 Å². The molecule has 4 N–H and O–H groups in total. The van der Waals surface area contributed by atoms with Crippen LogP contribution in [0.5, 0.6) is 0 Å². The highest BCUT2D eigenvalue weighted by Crippen LogP contribution is 2.33. The number of esters is 2. The maximum absolute atomic E-state index is 13.1. The van der Waals surface area contributed by atoms with Gasteiger partial charge in [0.1, 0.15) is 42.9 Å². The second-order valence-electron chi connectivity index (χ2n) is 12.0. The second kappa shape index (κ2) is 14.3. The van der Waals surface area contributed by atoms with Crippen molar-refractivity contribution in [3.05, 3.63) is 52.6 Å². The maximum atomic E-state index is 13.1. The molecule has 3 unspecified atom stereocenters. The van der Waals surface area contributed by atoms with Gasteiger partial charge in [-0.15, -0.1) is 0 Å². The van der Waals surface area contributed by atoms with E-state index >= 15 is 0 Å². The lowest BCUT2D eigenvalue weighted by Crippen LogP contribution is -2.42. The number of hydrogen-bond donors (Lipinski definition) is 2. The van der Waals surface area contributed by atoms with E-state index in [-0.39, 0.29) is 30.6 Å². The van der Waals surface area contributed by atoms with Gasteiger partial charge in [0, 0.05) is 18.2 Å². The lowest BCUT2D eigenvalue weighted by Gasteiger charge is -2.22. The summed E-state index contributed by atoms with van der Waals surface area (Å²) in [6.45, 7) is 9.23. The van der Waals surface area contributed by atoms with E-state index in [1.807, 2.05) is 45.9 Å². The standard InChI is InChI=1S/C32H44N4O7/c1-6-7-8-9-20-10-12-21(13-11-20)23-14-22-16-36(32(39)35-29(22)42-23)26-15-24(43-31(38)28(34)19(4)5)25(41-26)17-40-30(37)27(33)18(2)3/h10-14,16,18-19,24-28H,6-9,15,17,33-34H2,1-5H3/t24?,25-,26-,27?,28?/m1/s1. The van der Waals surface area contributed by atoms with Crippen molar-refractivity contribution in [2.75, 3.05) is 6.61 Å². The molecule has 5 atom stereocenters. The fourth-order valence-corrected chi connectivity index (χ4v) is 4.87. The number of rotatable bonds is 13. The highest BCUT2D eigenvalue weighted by atomic mass is 16.6. The average molecular weight is 597 g/mol. The molecule has 11 nitrogen and oxygen atoms in total. The minimum atomic E-state index is -0.841. The van der Waals surface area contributed by atoms with Crippen LogP contribution in [0.3, 0.4) is 0 Å². The van der Waals surface area contributed by atoms with Gasteiger partial charge in [-0.2, -0.15) is 4.98 Å². The largest absolute Gasteiger partial charge is 0.462 e. The Morgan fingerprint density at radius 1 is 1.05 bits per heavy atom. The number of fused-ring (bicyclic) bond motifs is 1. The third-order valence-corrected chi connectivity index (χ3v) is 7.87. The van der Waals surface area contributed by atoms with Gasteiger partial charge in [-0.3, -0.25) is 14.2 Å². The Kier molecular flexibility index (Phi) is 10.8. The summed E-state index contributed by atoms with van der Waals surface area (Å²) in [4.78, 5) is 42.3. The van der Waals surface area contributed by atoms with E-state index in [2.05, 4.69) is 24.0 Å². The van der Waals surface area contributed by atoms with Crippen LogP contribution in [0.1, 0.15) is 72.1 Å². The zero-order chi connectivity index (χ0) is 31.3. The number of hydrogen-bond acceptors (Lipinski definition) is 10. The number of furan rings is 1. The number of aryl methyl sites for hydroxylation is 1. The van der Waals surface area contributed by atoms with Crippen LogP contribution in [0.2, 0.25) is 0 Å². The maximum Gasteiger partial charge on any atom is 0.353 e. The molecule has 0 spiro atoms. The first kappa shape index (κ1) is 32.4. The monoisotopic (exact) mass is 596 g/mol. The van der Waals surface area contributed by atoms with E-state index in [4.69, 9.17) is 30.1 Å². The summed E-state index contributed by atoms with van der Waals surface area (Å²) in [6, 6.07) is 8.36. The molecule has 3 aromatic rings. The molecule has 1 aliphatic rings.